The summed E-state index contributed by atoms with van der Waals surface area (Å²) in [4.78, 5) is 7.80. The molecular formula is C19H21Cl2N2O3PS. The number of H-pyrrole nitrogens is 1. The molecule has 1 heterocycles. The zero-order valence-electron chi connectivity index (χ0n) is 15.8. The molecule has 3 aromatic rings. The van der Waals surface area contributed by atoms with Crippen molar-refractivity contribution in [3.8, 4) is 11.1 Å². The van der Waals surface area contributed by atoms with E-state index in [2.05, 4.69) is 9.97 Å². The Morgan fingerprint density at radius 1 is 1.11 bits per heavy atom. The average molecular weight is 459 g/mol. The van der Waals surface area contributed by atoms with E-state index >= 15 is 0 Å². The van der Waals surface area contributed by atoms with Crippen molar-refractivity contribution < 1.29 is 13.6 Å². The molecule has 0 saturated heterocycles. The quantitative estimate of drug-likeness (QED) is 0.286. The standard InChI is InChI=1S/C19H21Cl2N2O3PS/c1-4-25-27(24,26-5-2)11-28-19-22-17-9-14(16(21)10-18(17)23-19)13-6-7-15(20)12(3)8-13/h6-10H,4-5,11H2,1-3H3,(H,22,23). The van der Waals surface area contributed by atoms with E-state index in [-0.39, 0.29) is 5.49 Å². The molecule has 2 aromatic carbocycles. The van der Waals surface area contributed by atoms with Crippen LogP contribution in [-0.2, 0) is 13.6 Å². The molecule has 3 rings (SSSR count). The molecule has 1 N–H and O–H groups in total. The Morgan fingerprint density at radius 3 is 2.46 bits per heavy atom. The molecule has 5 nitrogen and oxygen atoms in total. The maximum Gasteiger partial charge on any atom is 0.340 e. The lowest BCUT2D eigenvalue weighted by atomic mass is 10.0. The normalized spacial score (nSPS) is 12.0. The molecule has 0 spiro atoms. The van der Waals surface area contributed by atoms with Crippen molar-refractivity contribution in [2.45, 2.75) is 25.9 Å². The first-order chi connectivity index (χ1) is 13.3. The van der Waals surface area contributed by atoms with E-state index in [1.807, 2.05) is 37.3 Å². The van der Waals surface area contributed by atoms with Gasteiger partial charge in [0.2, 0.25) is 0 Å². The fraction of sp³-hybridized carbons (Fsp3) is 0.316. The van der Waals surface area contributed by atoms with E-state index in [4.69, 9.17) is 32.2 Å². The highest BCUT2D eigenvalue weighted by Crippen LogP contribution is 2.51. The Morgan fingerprint density at radius 2 is 1.82 bits per heavy atom. The van der Waals surface area contributed by atoms with Crippen LogP contribution in [0, 0.1) is 6.92 Å². The Labute approximate surface area is 178 Å². The molecule has 0 atom stereocenters. The van der Waals surface area contributed by atoms with Gasteiger partial charge in [0.15, 0.2) is 5.16 Å². The number of imidazole rings is 1. The van der Waals surface area contributed by atoms with Gasteiger partial charge in [-0.15, -0.1) is 0 Å². The van der Waals surface area contributed by atoms with Crippen molar-refractivity contribution in [1.82, 2.24) is 9.97 Å². The number of fused-ring (bicyclic) bond motifs is 1. The summed E-state index contributed by atoms with van der Waals surface area (Å²) in [5.74, 6) is 0. The highest BCUT2D eigenvalue weighted by Gasteiger charge is 2.24. The van der Waals surface area contributed by atoms with E-state index in [0.717, 1.165) is 27.7 Å². The van der Waals surface area contributed by atoms with Crippen LogP contribution in [0.5, 0.6) is 0 Å². The van der Waals surface area contributed by atoms with Gasteiger partial charge in [0.1, 0.15) is 5.49 Å². The van der Waals surface area contributed by atoms with Crippen molar-refractivity contribution in [3.63, 3.8) is 0 Å². The van der Waals surface area contributed by atoms with E-state index in [0.29, 0.717) is 28.4 Å². The number of halogens is 2. The third-order valence-corrected chi connectivity index (χ3v) is 8.32. The first-order valence-electron chi connectivity index (χ1n) is 8.82. The Balaban J connectivity index is 1.87. The number of nitrogens with one attached hydrogen (secondary N) is 1. The highest BCUT2D eigenvalue weighted by molar-refractivity contribution is 8.04. The van der Waals surface area contributed by atoms with Gasteiger partial charge < -0.3 is 14.0 Å². The van der Waals surface area contributed by atoms with Gasteiger partial charge >= 0.3 is 7.60 Å². The first kappa shape index (κ1) is 21.7. The van der Waals surface area contributed by atoms with Gasteiger partial charge in [-0.1, -0.05) is 41.0 Å². The van der Waals surface area contributed by atoms with Crippen LogP contribution in [0.1, 0.15) is 19.4 Å². The number of aromatic amines is 1. The van der Waals surface area contributed by atoms with Crippen LogP contribution in [-0.4, -0.2) is 28.7 Å². The second kappa shape index (κ2) is 9.21. The fourth-order valence-corrected chi connectivity index (χ4v) is 6.07. The van der Waals surface area contributed by atoms with Gasteiger partial charge in [0.25, 0.3) is 0 Å². The van der Waals surface area contributed by atoms with E-state index in [1.165, 1.54) is 11.8 Å². The van der Waals surface area contributed by atoms with Crippen LogP contribution in [0.15, 0.2) is 35.5 Å². The molecule has 0 unspecified atom stereocenters. The van der Waals surface area contributed by atoms with E-state index in [9.17, 15) is 4.57 Å². The van der Waals surface area contributed by atoms with Crippen molar-refractivity contribution in [3.05, 3.63) is 45.9 Å². The Bertz CT molecular complexity index is 1030. The largest absolute Gasteiger partial charge is 0.340 e. The Kier molecular flexibility index (Phi) is 7.13. The van der Waals surface area contributed by atoms with Crippen LogP contribution < -0.4 is 0 Å². The summed E-state index contributed by atoms with van der Waals surface area (Å²) in [7, 11) is -3.14. The zero-order valence-corrected chi connectivity index (χ0v) is 19.0. The van der Waals surface area contributed by atoms with E-state index in [1.54, 1.807) is 13.8 Å². The molecule has 0 saturated carbocycles. The minimum Gasteiger partial charge on any atom is -0.333 e. The first-order valence-corrected chi connectivity index (χ1v) is 12.3. The number of benzene rings is 2. The lowest BCUT2D eigenvalue weighted by Gasteiger charge is -2.15. The van der Waals surface area contributed by atoms with Crippen LogP contribution in [0.4, 0.5) is 0 Å². The maximum atomic E-state index is 12.6. The molecule has 0 bridgehead atoms. The van der Waals surface area contributed by atoms with Crippen LogP contribution >= 0.6 is 42.6 Å². The number of hydrogen-bond acceptors (Lipinski definition) is 5. The molecule has 150 valence electrons. The predicted molar refractivity (Wildman–Crippen MR) is 118 cm³/mol. The minimum atomic E-state index is -3.14. The molecular weight excluding hydrogens is 438 g/mol. The number of aromatic nitrogens is 2. The van der Waals surface area contributed by atoms with Gasteiger partial charge in [-0.2, -0.15) is 0 Å². The molecule has 0 fully saturated rings. The average Bonchev–Trinajstić information content (AvgIpc) is 3.04. The third-order valence-electron chi connectivity index (χ3n) is 4.03. The Hall–Kier alpha value is -1.01. The number of rotatable bonds is 8. The number of aryl methyl sites for hydroxylation is 1. The molecule has 0 aliphatic heterocycles. The van der Waals surface area contributed by atoms with Crippen LogP contribution in [0.2, 0.25) is 10.0 Å². The summed E-state index contributed by atoms with van der Waals surface area (Å²) in [5.41, 5.74) is 4.61. The predicted octanol–water partition coefficient (Wildman–Crippen LogP) is 7.16. The summed E-state index contributed by atoms with van der Waals surface area (Å²) in [6, 6.07) is 9.57. The lowest BCUT2D eigenvalue weighted by molar-refractivity contribution is 0.224. The maximum absolute atomic E-state index is 12.6. The molecule has 0 aliphatic carbocycles. The van der Waals surface area contributed by atoms with Gasteiger partial charge in [0.05, 0.1) is 29.3 Å². The molecule has 9 heteroatoms. The summed E-state index contributed by atoms with van der Waals surface area (Å²) in [5, 5.41) is 1.96. The van der Waals surface area contributed by atoms with Crippen molar-refractivity contribution in [2.75, 3.05) is 18.7 Å². The zero-order chi connectivity index (χ0) is 20.3. The van der Waals surface area contributed by atoms with E-state index < -0.39 is 7.60 Å². The van der Waals surface area contributed by atoms with Crippen molar-refractivity contribution in [2.24, 2.45) is 0 Å². The van der Waals surface area contributed by atoms with Gasteiger partial charge in [0, 0.05) is 10.6 Å². The monoisotopic (exact) mass is 458 g/mol. The third kappa shape index (κ3) is 4.93. The molecule has 1 aromatic heterocycles. The molecule has 0 aliphatic rings. The molecule has 28 heavy (non-hydrogen) atoms. The SMILES string of the molecule is CCOP(=O)(CSc1nc2cc(-c3ccc(Cl)c(C)c3)c(Cl)cc2[nH]1)OCC. The van der Waals surface area contributed by atoms with Gasteiger partial charge in [-0.3, -0.25) is 4.57 Å². The van der Waals surface area contributed by atoms with Gasteiger partial charge in [-0.05, 0) is 56.2 Å². The second-order valence-electron chi connectivity index (χ2n) is 6.08. The fourth-order valence-electron chi connectivity index (χ4n) is 2.75. The minimum absolute atomic E-state index is 0.186. The number of hydrogen-bond donors (Lipinski definition) is 1. The second-order valence-corrected chi connectivity index (χ2v) is 10.3. The van der Waals surface area contributed by atoms with Crippen molar-refractivity contribution >= 4 is 53.6 Å². The molecule has 0 amide bonds. The smallest absolute Gasteiger partial charge is 0.333 e. The highest BCUT2D eigenvalue weighted by atomic mass is 35.5. The summed E-state index contributed by atoms with van der Waals surface area (Å²) in [6.07, 6.45) is 0. The van der Waals surface area contributed by atoms with Gasteiger partial charge in [-0.25, -0.2) is 4.98 Å². The van der Waals surface area contributed by atoms with Crippen molar-refractivity contribution in [1.29, 1.82) is 0 Å². The summed E-state index contributed by atoms with van der Waals surface area (Å²) in [6.45, 7) is 6.20. The number of thioether (sulfide) groups is 1. The lowest BCUT2D eigenvalue weighted by Crippen LogP contribution is -1.98. The van der Waals surface area contributed by atoms with Crippen LogP contribution in [0.3, 0.4) is 0 Å². The van der Waals surface area contributed by atoms with Crippen LogP contribution in [0.25, 0.3) is 22.2 Å². The summed E-state index contributed by atoms with van der Waals surface area (Å²) >= 11 is 13.9. The topological polar surface area (TPSA) is 64.2 Å². The number of nitrogens with zero attached hydrogens (tertiary/aromatic N) is 1. The summed E-state index contributed by atoms with van der Waals surface area (Å²) < 4.78 is 23.3. The molecule has 0 radical (unpaired) electrons.